The molecule has 0 radical (unpaired) electrons. The van der Waals surface area contributed by atoms with Crippen molar-refractivity contribution in [1.29, 1.82) is 0 Å². The van der Waals surface area contributed by atoms with Gasteiger partial charge in [0.1, 0.15) is 11.4 Å². The third-order valence-electron chi connectivity index (χ3n) is 6.42. The summed E-state index contributed by atoms with van der Waals surface area (Å²) in [6.07, 6.45) is 3.26. The van der Waals surface area contributed by atoms with Gasteiger partial charge >= 0.3 is 0 Å². The molecule has 0 bridgehead atoms. The molecule has 1 amide bonds. The Morgan fingerprint density at radius 3 is 2.37 bits per heavy atom. The molecule has 0 unspecified atom stereocenters. The van der Waals surface area contributed by atoms with Crippen LogP contribution in [0.1, 0.15) is 29.6 Å². The van der Waals surface area contributed by atoms with Gasteiger partial charge in [0.2, 0.25) is 0 Å². The largest absolute Gasteiger partial charge is 0.495 e. The number of anilines is 2. The minimum absolute atomic E-state index is 0.150. The number of nitrogens with zero attached hydrogens (tertiary/aromatic N) is 4. The predicted molar refractivity (Wildman–Crippen MR) is 141 cm³/mol. The third kappa shape index (κ3) is 5.76. The molecular weight excluding hydrogens is 490 g/mol. The van der Waals surface area contributed by atoms with Gasteiger partial charge in [-0.3, -0.25) is 20.2 Å². The lowest BCUT2D eigenvalue weighted by Crippen LogP contribution is -2.52. The van der Waals surface area contributed by atoms with Crippen LogP contribution in [0.5, 0.6) is 5.75 Å². The molecule has 186 valence electrons. The van der Waals surface area contributed by atoms with Crippen LogP contribution in [-0.2, 0) is 0 Å². The SMILES string of the molecule is COc1ccc(C(=O)NC(=S)N2CCN(c3ccc([N+](=O)[O-])c(N4CCCCC4)c3)CC2)cc1Cl. The maximum Gasteiger partial charge on any atom is 0.292 e. The first kappa shape index (κ1) is 25.0. The Morgan fingerprint density at radius 1 is 1.03 bits per heavy atom. The number of methoxy groups -OCH3 is 1. The van der Waals surface area contributed by atoms with E-state index in [1.807, 2.05) is 17.0 Å². The highest BCUT2D eigenvalue weighted by atomic mass is 35.5. The van der Waals surface area contributed by atoms with Crippen LogP contribution >= 0.6 is 23.8 Å². The average Bonchev–Trinajstić information content (AvgIpc) is 2.88. The number of piperidine rings is 1. The molecule has 2 aliphatic heterocycles. The van der Waals surface area contributed by atoms with Crippen LogP contribution in [0.2, 0.25) is 5.02 Å². The minimum Gasteiger partial charge on any atom is -0.495 e. The molecule has 4 rings (SSSR count). The van der Waals surface area contributed by atoms with Crippen molar-refractivity contribution in [2.24, 2.45) is 0 Å². The van der Waals surface area contributed by atoms with E-state index in [4.69, 9.17) is 28.6 Å². The van der Waals surface area contributed by atoms with E-state index in [-0.39, 0.29) is 16.5 Å². The number of hydrogen-bond acceptors (Lipinski definition) is 7. The number of nitro benzene ring substituents is 1. The summed E-state index contributed by atoms with van der Waals surface area (Å²) in [4.78, 5) is 30.2. The molecule has 1 N–H and O–H groups in total. The molecular formula is C24H28ClN5O4S. The first-order valence-corrected chi connectivity index (χ1v) is 12.4. The second-order valence-electron chi connectivity index (χ2n) is 8.56. The summed E-state index contributed by atoms with van der Waals surface area (Å²) in [7, 11) is 1.51. The standard InChI is InChI=1S/C24H28ClN5O4S/c1-34-22-8-5-17(15-19(22)25)23(31)26-24(35)29-13-11-27(12-14-29)18-6-7-20(30(32)33)21(16-18)28-9-3-2-4-10-28/h5-8,15-16H,2-4,9-14H2,1H3,(H,26,31,35). The third-order valence-corrected chi connectivity index (χ3v) is 7.07. The normalized spacial score (nSPS) is 16.1. The van der Waals surface area contributed by atoms with Crippen molar-refractivity contribution in [3.05, 3.63) is 57.1 Å². The number of ether oxygens (including phenoxy) is 1. The van der Waals surface area contributed by atoms with Gasteiger partial charge < -0.3 is 19.4 Å². The van der Waals surface area contributed by atoms with Gasteiger partial charge in [-0.1, -0.05) is 11.6 Å². The number of carbonyl (C=O) groups is 1. The zero-order valence-electron chi connectivity index (χ0n) is 19.5. The minimum atomic E-state index is -0.330. The van der Waals surface area contributed by atoms with Gasteiger partial charge in [0.15, 0.2) is 5.11 Å². The predicted octanol–water partition coefficient (Wildman–Crippen LogP) is 4.08. The molecule has 2 heterocycles. The molecule has 0 aromatic heterocycles. The van der Waals surface area contributed by atoms with Gasteiger partial charge in [-0.05, 0) is 61.8 Å². The maximum atomic E-state index is 12.6. The summed E-state index contributed by atoms with van der Waals surface area (Å²) in [5, 5.41) is 15.1. The lowest BCUT2D eigenvalue weighted by atomic mass is 10.1. The van der Waals surface area contributed by atoms with E-state index in [0.29, 0.717) is 53.3 Å². The Hall–Kier alpha value is -3.11. The fourth-order valence-electron chi connectivity index (χ4n) is 4.47. The zero-order chi connectivity index (χ0) is 24.9. The summed E-state index contributed by atoms with van der Waals surface area (Å²) < 4.78 is 5.12. The Bertz CT molecular complexity index is 1120. The quantitative estimate of drug-likeness (QED) is 0.360. The second kappa shape index (κ2) is 11.1. The van der Waals surface area contributed by atoms with E-state index in [1.54, 1.807) is 24.3 Å². The number of nitro groups is 1. The number of carbonyl (C=O) groups excluding carboxylic acids is 1. The van der Waals surface area contributed by atoms with Crippen molar-refractivity contribution in [2.75, 3.05) is 56.2 Å². The molecule has 0 spiro atoms. The number of halogens is 1. The van der Waals surface area contributed by atoms with Gasteiger partial charge in [0.25, 0.3) is 11.6 Å². The number of amides is 1. The molecule has 2 fully saturated rings. The summed E-state index contributed by atoms with van der Waals surface area (Å²) in [6.45, 7) is 4.29. The summed E-state index contributed by atoms with van der Waals surface area (Å²) in [5.41, 5.74) is 2.19. The smallest absolute Gasteiger partial charge is 0.292 e. The first-order chi connectivity index (χ1) is 16.9. The lowest BCUT2D eigenvalue weighted by molar-refractivity contribution is -0.384. The van der Waals surface area contributed by atoms with E-state index in [9.17, 15) is 14.9 Å². The van der Waals surface area contributed by atoms with Crippen molar-refractivity contribution >= 4 is 51.9 Å². The van der Waals surface area contributed by atoms with Crippen LogP contribution in [0.25, 0.3) is 0 Å². The fourth-order valence-corrected chi connectivity index (χ4v) is 5.01. The van der Waals surface area contributed by atoms with Crippen LogP contribution in [0.15, 0.2) is 36.4 Å². The highest BCUT2D eigenvalue weighted by molar-refractivity contribution is 7.80. The highest BCUT2D eigenvalue weighted by Gasteiger charge is 2.25. The molecule has 9 nitrogen and oxygen atoms in total. The monoisotopic (exact) mass is 517 g/mol. The Balaban J connectivity index is 1.38. The van der Waals surface area contributed by atoms with E-state index in [1.165, 1.54) is 7.11 Å². The molecule has 0 aliphatic carbocycles. The first-order valence-electron chi connectivity index (χ1n) is 11.6. The van der Waals surface area contributed by atoms with Gasteiger partial charge in [-0.25, -0.2) is 0 Å². The van der Waals surface area contributed by atoms with Crippen molar-refractivity contribution < 1.29 is 14.5 Å². The van der Waals surface area contributed by atoms with E-state index >= 15 is 0 Å². The number of thiocarbonyl (C=S) groups is 1. The summed E-state index contributed by atoms with van der Waals surface area (Å²) in [5.74, 6) is 0.167. The van der Waals surface area contributed by atoms with Crippen molar-refractivity contribution in [3.63, 3.8) is 0 Å². The Morgan fingerprint density at radius 2 is 1.74 bits per heavy atom. The van der Waals surface area contributed by atoms with E-state index < -0.39 is 0 Å². The van der Waals surface area contributed by atoms with Crippen LogP contribution in [-0.4, -0.2) is 67.2 Å². The molecule has 0 saturated carbocycles. The van der Waals surface area contributed by atoms with Crippen LogP contribution in [0.3, 0.4) is 0 Å². The topological polar surface area (TPSA) is 91.2 Å². The van der Waals surface area contributed by atoms with Crippen molar-refractivity contribution in [2.45, 2.75) is 19.3 Å². The number of benzene rings is 2. The van der Waals surface area contributed by atoms with Crippen LogP contribution in [0.4, 0.5) is 17.1 Å². The molecule has 2 aromatic rings. The average molecular weight is 518 g/mol. The Labute approximate surface area is 214 Å². The lowest BCUT2D eigenvalue weighted by Gasteiger charge is -2.37. The molecule has 2 aromatic carbocycles. The highest BCUT2D eigenvalue weighted by Crippen LogP contribution is 2.34. The Kier molecular flexibility index (Phi) is 7.92. The van der Waals surface area contributed by atoms with Crippen LogP contribution < -0.4 is 19.9 Å². The molecule has 35 heavy (non-hydrogen) atoms. The molecule has 2 saturated heterocycles. The van der Waals surface area contributed by atoms with Gasteiger partial charge in [-0.15, -0.1) is 0 Å². The zero-order valence-corrected chi connectivity index (χ0v) is 21.1. The van der Waals surface area contributed by atoms with Crippen LogP contribution in [0, 0.1) is 10.1 Å². The molecule has 11 heteroatoms. The summed E-state index contributed by atoms with van der Waals surface area (Å²) in [6, 6.07) is 10.2. The number of piperazine rings is 1. The molecule has 0 atom stereocenters. The number of hydrogen-bond donors (Lipinski definition) is 1. The van der Waals surface area contributed by atoms with Gasteiger partial charge in [-0.2, -0.15) is 0 Å². The second-order valence-corrected chi connectivity index (χ2v) is 9.35. The van der Waals surface area contributed by atoms with E-state index in [0.717, 1.165) is 38.0 Å². The molecule has 2 aliphatic rings. The van der Waals surface area contributed by atoms with Crippen molar-refractivity contribution in [3.8, 4) is 5.75 Å². The van der Waals surface area contributed by atoms with Crippen molar-refractivity contribution in [1.82, 2.24) is 10.2 Å². The van der Waals surface area contributed by atoms with Gasteiger partial charge in [0.05, 0.1) is 17.1 Å². The van der Waals surface area contributed by atoms with Gasteiger partial charge in [0, 0.05) is 56.6 Å². The summed E-state index contributed by atoms with van der Waals surface area (Å²) >= 11 is 11.6. The fraction of sp³-hybridized carbons (Fsp3) is 0.417. The number of rotatable bonds is 5. The van der Waals surface area contributed by atoms with E-state index in [2.05, 4.69) is 15.1 Å². The number of nitrogens with one attached hydrogen (secondary N) is 1. The maximum absolute atomic E-state index is 12.6.